The van der Waals surface area contributed by atoms with Gasteiger partial charge >= 0.3 is 0 Å². The van der Waals surface area contributed by atoms with Crippen LogP contribution in [-0.2, 0) is 11.3 Å². The van der Waals surface area contributed by atoms with Crippen LogP contribution < -0.4 is 15.8 Å². The number of amides is 1. The molecular formula is C12H19N3O2. The van der Waals surface area contributed by atoms with Crippen molar-refractivity contribution in [3.63, 3.8) is 0 Å². The number of hydrogen-bond donors (Lipinski definition) is 2. The van der Waals surface area contributed by atoms with E-state index in [1.807, 2.05) is 20.8 Å². The Hall–Kier alpha value is -1.62. The molecule has 0 aromatic carbocycles. The fourth-order valence-corrected chi connectivity index (χ4v) is 1.22. The predicted octanol–water partition coefficient (Wildman–Crippen LogP) is 0.834. The average Bonchev–Trinajstić information content (AvgIpc) is 2.25. The minimum absolute atomic E-state index is 0.0130. The molecule has 0 aliphatic heterocycles. The van der Waals surface area contributed by atoms with Gasteiger partial charge in [0.15, 0.2) is 6.61 Å². The molecule has 0 saturated heterocycles. The number of hydrogen-bond acceptors (Lipinski definition) is 4. The third-order valence-electron chi connectivity index (χ3n) is 1.89. The number of nitrogens with zero attached hydrogens (tertiary/aromatic N) is 1. The normalized spacial score (nSPS) is 11.1. The van der Waals surface area contributed by atoms with Crippen LogP contribution >= 0.6 is 0 Å². The molecule has 0 fully saturated rings. The van der Waals surface area contributed by atoms with Gasteiger partial charge in [-0.3, -0.25) is 9.78 Å². The summed E-state index contributed by atoms with van der Waals surface area (Å²) in [5.41, 5.74) is 5.96. The summed E-state index contributed by atoms with van der Waals surface area (Å²) >= 11 is 0. The van der Waals surface area contributed by atoms with Gasteiger partial charge in [0.1, 0.15) is 5.75 Å². The predicted molar refractivity (Wildman–Crippen MR) is 65.5 cm³/mol. The number of nitrogens with one attached hydrogen (secondary N) is 1. The van der Waals surface area contributed by atoms with Crippen molar-refractivity contribution >= 4 is 5.91 Å². The molecule has 17 heavy (non-hydrogen) atoms. The Morgan fingerprint density at radius 3 is 2.65 bits per heavy atom. The van der Waals surface area contributed by atoms with Crippen molar-refractivity contribution < 1.29 is 9.53 Å². The van der Waals surface area contributed by atoms with Crippen molar-refractivity contribution in [3.8, 4) is 5.75 Å². The number of aromatic nitrogens is 1. The molecule has 0 saturated carbocycles. The molecule has 0 aliphatic rings. The largest absolute Gasteiger partial charge is 0.482 e. The molecule has 0 aliphatic carbocycles. The third kappa shape index (κ3) is 5.31. The smallest absolute Gasteiger partial charge is 0.258 e. The Balaban J connectivity index is 2.42. The lowest BCUT2D eigenvalue weighted by molar-refractivity contribution is -0.124. The SMILES string of the molecule is CC(C)(C)NC(=O)COc1ccc(CN)nc1. The van der Waals surface area contributed by atoms with Gasteiger partial charge in [-0.1, -0.05) is 0 Å². The molecule has 5 nitrogen and oxygen atoms in total. The van der Waals surface area contributed by atoms with Crippen molar-refractivity contribution in [2.45, 2.75) is 32.9 Å². The molecule has 1 aromatic heterocycles. The second-order valence-corrected chi connectivity index (χ2v) is 4.78. The summed E-state index contributed by atoms with van der Waals surface area (Å²) in [6, 6.07) is 3.52. The number of carbonyl (C=O) groups excluding carboxylic acids is 1. The topological polar surface area (TPSA) is 77.2 Å². The summed E-state index contributed by atoms with van der Waals surface area (Å²) in [6.45, 7) is 6.14. The Kier molecular flexibility index (Phi) is 4.45. The zero-order chi connectivity index (χ0) is 12.9. The Labute approximate surface area is 101 Å². The van der Waals surface area contributed by atoms with Crippen LogP contribution in [0.25, 0.3) is 0 Å². The van der Waals surface area contributed by atoms with Crippen LogP contribution in [0.2, 0.25) is 0 Å². The molecule has 1 amide bonds. The zero-order valence-electron chi connectivity index (χ0n) is 10.5. The molecule has 0 unspecified atom stereocenters. The van der Waals surface area contributed by atoms with Crippen LogP contribution in [0.4, 0.5) is 0 Å². The molecule has 0 bridgehead atoms. The standard InChI is InChI=1S/C12H19N3O2/c1-12(2,3)15-11(16)8-17-10-5-4-9(6-13)14-7-10/h4-5,7H,6,8,13H2,1-3H3,(H,15,16). The van der Waals surface area contributed by atoms with E-state index in [9.17, 15) is 4.79 Å². The summed E-state index contributed by atoms with van der Waals surface area (Å²) in [4.78, 5) is 15.5. The van der Waals surface area contributed by atoms with Crippen molar-refractivity contribution in [2.75, 3.05) is 6.61 Å². The summed E-state index contributed by atoms with van der Waals surface area (Å²) in [5.74, 6) is 0.409. The number of pyridine rings is 1. The first-order valence-electron chi connectivity index (χ1n) is 5.49. The van der Waals surface area contributed by atoms with E-state index in [1.165, 1.54) is 0 Å². The second-order valence-electron chi connectivity index (χ2n) is 4.78. The van der Waals surface area contributed by atoms with E-state index in [4.69, 9.17) is 10.5 Å². The lowest BCUT2D eigenvalue weighted by Gasteiger charge is -2.20. The van der Waals surface area contributed by atoms with Crippen LogP contribution in [0.1, 0.15) is 26.5 Å². The Bertz CT molecular complexity index is 368. The summed E-state index contributed by atoms with van der Waals surface area (Å²) in [5, 5.41) is 2.81. The highest BCUT2D eigenvalue weighted by Gasteiger charge is 2.13. The van der Waals surface area contributed by atoms with E-state index < -0.39 is 0 Å². The first kappa shape index (κ1) is 13.4. The lowest BCUT2D eigenvalue weighted by Crippen LogP contribution is -2.43. The number of carbonyl (C=O) groups is 1. The highest BCUT2D eigenvalue weighted by Crippen LogP contribution is 2.08. The lowest BCUT2D eigenvalue weighted by atomic mass is 10.1. The molecule has 0 spiro atoms. The minimum atomic E-state index is -0.248. The van der Waals surface area contributed by atoms with E-state index in [0.29, 0.717) is 12.3 Å². The van der Waals surface area contributed by atoms with Crippen LogP contribution in [0, 0.1) is 0 Å². The molecule has 5 heteroatoms. The van der Waals surface area contributed by atoms with Crippen molar-refractivity contribution in [3.05, 3.63) is 24.0 Å². The molecule has 1 heterocycles. The fourth-order valence-electron chi connectivity index (χ4n) is 1.22. The highest BCUT2D eigenvalue weighted by molar-refractivity contribution is 5.78. The number of nitrogens with two attached hydrogens (primary N) is 1. The Morgan fingerprint density at radius 2 is 2.18 bits per heavy atom. The Morgan fingerprint density at radius 1 is 1.47 bits per heavy atom. The summed E-state index contributed by atoms with van der Waals surface area (Å²) in [7, 11) is 0. The van der Waals surface area contributed by atoms with Gasteiger partial charge in [-0.05, 0) is 32.9 Å². The second kappa shape index (κ2) is 5.63. The molecule has 1 aromatic rings. The first-order valence-corrected chi connectivity index (χ1v) is 5.49. The third-order valence-corrected chi connectivity index (χ3v) is 1.89. The maximum atomic E-state index is 11.5. The van der Waals surface area contributed by atoms with Gasteiger partial charge in [-0.15, -0.1) is 0 Å². The molecule has 3 N–H and O–H groups in total. The van der Waals surface area contributed by atoms with E-state index in [2.05, 4.69) is 10.3 Å². The van der Waals surface area contributed by atoms with Gasteiger partial charge < -0.3 is 15.8 Å². The van der Waals surface area contributed by atoms with Gasteiger partial charge in [-0.25, -0.2) is 0 Å². The van der Waals surface area contributed by atoms with E-state index in [1.54, 1.807) is 18.3 Å². The number of ether oxygens (including phenoxy) is 1. The maximum Gasteiger partial charge on any atom is 0.258 e. The van der Waals surface area contributed by atoms with E-state index in [-0.39, 0.29) is 18.1 Å². The molecule has 0 radical (unpaired) electrons. The van der Waals surface area contributed by atoms with E-state index >= 15 is 0 Å². The molecule has 1 rings (SSSR count). The van der Waals surface area contributed by atoms with Gasteiger partial charge in [0.2, 0.25) is 0 Å². The van der Waals surface area contributed by atoms with Gasteiger partial charge in [0.25, 0.3) is 5.91 Å². The van der Waals surface area contributed by atoms with Crippen LogP contribution in [-0.4, -0.2) is 23.0 Å². The molecule has 94 valence electrons. The minimum Gasteiger partial charge on any atom is -0.482 e. The average molecular weight is 237 g/mol. The van der Waals surface area contributed by atoms with Gasteiger partial charge in [0.05, 0.1) is 11.9 Å². The first-order chi connectivity index (χ1) is 7.90. The van der Waals surface area contributed by atoms with Gasteiger partial charge in [-0.2, -0.15) is 0 Å². The highest BCUT2D eigenvalue weighted by atomic mass is 16.5. The maximum absolute atomic E-state index is 11.5. The van der Waals surface area contributed by atoms with Crippen LogP contribution in [0.3, 0.4) is 0 Å². The van der Waals surface area contributed by atoms with E-state index in [0.717, 1.165) is 5.69 Å². The fraction of sp³-hybridized carbons (Fsp3) is 0.500. The number of rotatable bonds is 4. The van der Waals surface area contributed by atoms with Gasteiger partial charge in [0, 0.05) is 12.1 Å². The van der Waals surface area contributed by atoms with Crippen molar-refractivity contribution in [1.29, 1.82) is 0 Å². The summed E-state index contributed by atoms with van der Waals surface area (Å²) in [6.07, 6.45) is 1.56. The summed E-state index contributed by atoms with van der Waals surface area (Å²) < 4.78 is 5.30. The van der Waals surface area contributed by atoms with Crippen molar-refractivity contribution in [2.24, 2.45) is 5.73 Å². The monoisotopic (exact) mass is 237 g/mol. The van der Waals surface area contributed by atoms with Crippen LogP contribution in [0.5, 0.6) is 5.75 Å². The molecule has 0 atom stereocenters. The van der Waals surface area contributed by atoms with Crippen molar-refractivity contribution in [1.82, 2.24) is 10.3 Å². The molecular weight excluding hydrogens is 218 g/mol. The zero-order valence-corrected chi connectivity index (χ0v) is 10.5. The quantitative estimate of drug-likeness (QED) is 0.813. The van der Waals surface area contributed by atoms with Crippen LogP contribution in [0.15, 0.2) is 18.3 Å².